The number of anilines is 1. The lowest BCUT2D eigenvalue weighted by molar-refractivity contribution is -0.129. The standard InChI is InChI=1S/C15H15Cl2N3O/c1-20(9-10-3-2-4-13(16)15(10)17)14(21)7-12-6-5-11(18)8-19-12/h2-6,8H,7,9,18H2,1H3. The molecule has 0 aliphatic carbocycles. The quantitative estimate of drug-likeness (QED) is 0.940. The van der Waals surface area contributed by atoms with Gasteiger partial charge in [0.2, 0.25) is 5.91 Å². The predicted molar refractivity (Wildman–Crippen MR) is 85.3 cm³/mol. The summed E-state index contributed by atoms with van der Waals surface area (Å²) in [5.74, 6) is -0.0525. The van der Waals surface area contributed by atoms with Crippen molar-refractivity contribution in [2.75, 3.05) is 12.8 Å². The number of carbonyl (C=O) groups excluding carboxylic acids is 1. The first-order chi connectivity index (χ1) is 9.97. The molecule has 0 unspecified atom stereocenters. The van der Waals surface area contributed by atoms with Crippen LogP contribution in [0.1, 0.15) is 11.3 Å². The van der Waals surface area contributed by atoms with Gasteiger partial charge in [-0.15, -0.1) is 0 Å². The van der Waals surface area contributed by atoms with E-state index in [2.05, 4.69) is 4.98 Å². The molecule has 1 heterocycles. The molecular weight excluding hydrogens is 309 g/mol. The third kappa shape index (κ3) is 4.09. The summed E-state index contributed by atoms with van der Waals surface area (Å²) >= 11 is 12.1. The van der Waals surface area contributed by atoms with Crippen LogP contribution in [-0.2, 0) is 17.8 Å². The second-order valence-corrected chi connectivity index (χ2v) is 5.51. The average Bonchev–Trinajstić information content (AvgIpc) is 2.46. The normalized spacial score (nSPS) is 10.4. The SMILES string of the molecule is CN(Cc1cccc(Cl)c1Cl)C(=O)Cc1ccc(N)cn1. The molecule has 0 spiro atoms. The molecule has 4 nitrogen and oxygen atoms in total. The first-order valence-electron chi connectivity index (χ1n) is 6.34. The molecular formula is C15H15Cl2N3O. The molecule has 0 atom stereocenters. The summed E-state index contributed by atoms with van der Waals surface area (Å²) < 4.78 is 0. The molecule has 2 N–H and O–H groups in total. The highest BCUT2D eigenvalue weighted by atomic mass is 35.5. The fraction of sp³-hybridized carbons (Fsp3) is 0.200. The Morgan fingerprint density at radius 3 is 2.71 bits per heavy atom. The first kappa shape index (κ1) is 15.6. The van der Waals surface area contributed by atoms with Crippen molar-refractivity contribution >= 4 is 34.8 Å². The Kier molecular flexibility index (Phi) is 5.04. The fourth-order valence-corrected chi connectivity index (χ4v) is 2.22. The summed E-state index contributed by atoms with van der Waals surface area (Å²) in [5.41, 5.74) is 7.63. The number of nitrogens with two attached hydrogens (primary N) is 1. The molecule has 2 rings (SSSR count). The van der Waals surface area contributed by atoms with Crippen molar-refractivity contribution in [3.05, 3.63) is 57.8 Å². The molecule has 2 aromatic rings. The van der Waals surface area contributed by atoms with Crippen LogP contribution in [0.4, 0.5) is 5.69 Å². The Labute approximate surface area is 133 Å². The number of benzene rings is 1. The summed E-state index contributed by atoms with van der Waals surface area (Å²) in [6.45, 7) is 0.396. The monoisotopic (exact) mass is 323 g/mol. The molecule has 0 saturated heterocycles. The van der Waals surface area contributed by atoms with E-state index >= 15 is 0 Å². The van der Waals surface area contributed by atoms with E-state index in [9.17, 15) is 4.79 Å². The van der Waals surface area contributed by atoms with Gasteiger partial charge in [0.15, 0.2) is 0 Å². The number of nitrogen functional groups attached to an aromatic ring is 1. The van der Waals surface area contributed by atoms with Gasteiger partial charge in [-0.3, -0.25) is 9.78 Å². The maximum atomic E-state index is 12.2. The van der Waals surface area contributed by atoms with E-state index in [4.69, 9.17) is 28.9 Å². The van der Waals surface area contributed by atoms with Crippen molar-refractivity contribution in [1.29, 1.82) is 0 Å². The Bertz CT molecular complexity index is 644. The predicted octanol–water partition coefficient (Wildman–Crippen LogP) is 3.17. The van der Waals surface area contributed by atoms with Gasteiger partial charge in [-0.05, 0) is 23.8 Å². The molecule has 1 aromatic heterocycles. The highest BCUT2D eigenvalue weighted by Gasteiger charge is 2.13. The number of pyridine rings is 1. The maximum Gasteiger partial charge on any atom is 0.228 e. The number of hydrogen-bond acceptors (Lipinski definition) is 3. The Morgan fingerprint density at radius 1 is 1.29 bits per heavy atom. The zero-order chi connectivity index (χ0) is 15.4. The summed E-state index contributed by atoms with van der Waals surface area (Å²) in [6.07, 6.45) is 1.76. The molecule has 0 aliphatic heterocycles. The fourth-order valence-electron chi connectivity index (χ4n) is 1.84. The number of amides is 1. The molecule has 0 bridgehead atoms. The van der Waals surface area contributed by atoms with E-state index in [1.54, 1.807) is 30.1 Å². The van der Waals surface area contributed by atoms with Crippen LogP contribution < -0.4 is 5.73 Å². The first-order valence-corrected chi connectivity index (χ1v) is 7.10. The molecule has 21 heavy (non-hydrogen) atoms. The Morgan fingerprint density at radius 2 is 2.05 bits per heavy atom. The van der Waals surface area contributed by atoms with Gasteiger partial charge in [-0.1, -0.05) is 35.3 Å². The van der Waals surface area contributed by atoms with Gasteiger partial charge in [0.05, 0.1) is 28.4 Å². The van der Waals surface area contributed by atoms with Gasteiger partial charge in [0.1, 0.15) is 0 Å². The lowest BCUT2D eigenvalue weighted by atomic mass is 10.2. The number of carbonyl (C=O) groups is 1. The third-order valence-corrected chi connectivity index (χ3v) is 3.90. The third-order valence-electron chi connectivity index (χ3n) is 3.04. The summed E-state index contributed by atoms with van der Waals surface area (Å²) in [4.78, 5) is 17.9. The molecule has 110 valence electrons. The lowest BCUT2D eigenvalue weighted by Gasteiger charge is -2.18. The van der Waals surface area contributed by atoms with Gasteiger partial charge in [0, 0.05) is 19.3 Å². The van der Waals surface area contributed by atoms with Gasteiger partial charge < -0.3 is 10.6 Å². The summed E-state index contributed by atoms with van der Waals surface area (Å²) in [6, 6.07) is 8.84. The molecule has 1 aromatic carbocycles. The van der Waals surface area contributed by atoms with E-state index in [-0.39, 0.29) is 12.3 Å². The zero-order valence-electron chi connectivity index (χ0n) is 11.5. The van der Waals surface area contributed by atoms with Crippen LogP contribution in [0, 0.1) is 0 Å². The number of aromatic nitrogens is 1. The van der Waals surface area contributed by atoms with Gasteiger partial charge >= 0.3 is 0 Å². The van der Waals surface area contributed by atoms with Crippen molar-refractivity contribution in [3.8, 4) is 0 Å². The average molecular weight is 324 g/mol. The van der Waals surface area contributed by atoms with Crippen molar-refractivity contribution in [3.63, 3.8) is 0 Å². The molecule has 6 heteroatoms. The van der Waals surface area contributed by atoms with Crippen LogP contribution in [0.3, 0.4) is 0 Å². The van der Waals surface area contributed by atoms with E-state index < -0.39 is 0 Å². The van der Waals surface area contributed by atoms with Crippen LogP contribution in [0.2, 0.25) is 10.0 Å². The molecule has 0 saturated carbocycles. The number of halogens is 2. The van der Waals surface area contributed by atoms with Crippen LogP contribution in [0.15, 0.2) is 36.5 Å². The van der Waals surface area contributed by atoms with Crippen molar-refractivity contribution in [2.45, 2.75) is 13.0 Å². The lowest BCUT2D eigenvalue weighted by Crippen LogP contribution is -2.28. The number of rotatable bonds is 4. The van der Waals surface area contributed by atoms with Crippen LogP contribution in [0.25, 0.3) is 0 Å². The smallest absolute Gasteiger partial charge is 0.228 e. The minimum absolute atomic E-state index is 0.0525. The van der Waals surface area contributed by atoms with Crippen LogP contribution >= 0.6 is 23.2 Å². The molecule has 0 fully saturated rings. The van der Waals surface area contributed by atoms with E-state index in [1.807, 2.05) is 12.1 Å². The number of nitrogens with zero attached hydrogens (tertiary/aromatic N) is 2. The number of hydrogen-bond donors (Lipinski definition) is 1. The zero-order valence-corrected chi connectivity index (χ0v) is 13.0. The molecule has 1 amide bonds. The molecule has 0 aliphatic rings. The Hall–Kier alpha value is -1.78. The topological polar surface area (TPSA) is 59.2 Å². The highest BCUT2D eigenvalue weighted by molar-refractivity contribution is 6.42. The largest absolute Gasteiger partial charge is 0.397 e. The van der Waals surface area contributed by atoms with Crippen LogP contribution in [0.5, 0.6) is 0 Å². The second-order valence-electron chi connectivity index (χ2n) is 4.72. The highest BCUT2D eigenvalue weighted by Crippen LogP contribution is 2.26. The van der Waals surface area contributed by atoms with Crippen molar-refractivity contribution in [2.24, 2.45) is 0 Å². The Balaban J connectivity index is 2.02. The van der Waals surface area contributed by atoms with Crippen LogP contribution in [-0.4, -0.2) is 22.8 Å². The van der Waals surface area contributed by atoms with Gasteiger partial charge in [0.25, 0.3) is 0 Å². The van der Waals surface area contributed by atoms with Crippen molar-refractivity contribution in [1.82, 2.24) is 9.88 Å². The van der Waals surface area contributed by atoms with E-state index in [1.165, 1.54) is 6.20 Å². The minimum Gasteiger partial charge on any atom is -0.397 e. The summed E-state index contributed by atoms with van der Waals surface area (Å²) in [5, 5.41) is 0.958. The van der Waals surface area contributed by atoms with Gasteiger partial charge in [-0.25, -0.2) is 0 Å². The van der Waals surface area contributed by atoms with E-state index in [0.29, 0.717) is 28.0 Å². The number of likely N-dealkylation sites (N-methyl/N-ethyl adjacent to an activating group) is 1. The van der Waals surface area contributed by atoms with Crippen molar-refractivity contribution < 1.29 is 4.79 Å². The van der Waals surface area contributed by atoms with Gasteiger partial charge in [-0.2, -0.15) is 0 Å². The maximum absolute atomic E-state index is 12.2. The summed E-state index contributed by atoms with van der Waals surface area (Å²) in [7, 11) is 1.72. The minimum atomic E-state index is -0.0525. The second kappa shape index (κ2) is 6.78. The van der Waals surface area contributed by atoms with E-state index in [0.717, 1.165) is 5.56 Å². The molecule has 0 radical (unpaired) electrons.